The molecule has 1 aliphatic heterocycles. The van der Waals surface area contributed by atoms with Crippen LogP contribution in [0.3, 0.4) is 0 Å². The van der Waals surface area contributed by atoms with Gasteiger partial charge in [0.1, 0.15) is 11.2 Å². The average Bonchev–Trinajstić information content (AvgIpc) is 3.06. The van der Waals surface area contributed by atoms with E-state index in [0.29, 0.717) is 0 Å². The Balaban J connectivity index is 1.77. The molecule has 0 atom stereocenters. The summed E-state index contributed by atoms with van der Waals surface area (Å²) < 4.78 is 18.7. The van der Waals surface area contributed by atoms with Crippen LogP contribution in [0.5, 0.6) is 0 Å². The summed E-state index contributed by atoms with van der Waals surface area (Å²) in [7, 11) is -0.427. The van der Waals surface area contributed by atoms with Gasteiger partial charge >= 0.3 is 7.12 Å². The Labute approximate surface area is 152 Å². The van der Waals surface area contributed by atoms with E-state index in [1.54, 1.807) is 0 Å². The molecule has 5 heteroatoms. The van der Waals surface area contributed by atoms with Gasteiger partial charge in [-0.05, 0) is 57.4 Å². The summed E-state index contributed by atoms with van der Waals surface area (Å²) >= 11 is 0. The van der Waals surface area contributed by atoms with Crippen LogP contribution < -0.4 is 5.46 Å². The Hall–Kier alpha value is -2.37. The van der Waals surface area contributed by atoms with Crippen molar-refractivity contribution in [3.8, 4) is 0 Å². The average molecular weight is 345 g/mol. The highest BCUT2D eigenvalue weighted by atomic mass is 16.7. The topological polar surface area (TPSA) is 44.5 Å². The van der Waals surface area contributed by atoms with Crippen LogP contribution in [0.2, 0.25) is 0 Å². The van der Waals surface area contributed by atoms with Crippen molar-refractivity contribution in [2.75, 3.05) is 0 Å². The summed E-state index contributed by atoms with van der Waals surface area (Å²) in [5.74, 6) is 0. The second kappa shape index (κ2) is 5.09. The molecule has 1 fully saturated rings. The lowest BCUT2D eigenvalue weighted by Gasteiger charge is -2.32. The minimum atomic E-state index is -0.427. The molecule has 130 valence electrons. The van der Waals surface area contributed by atoms with Gasteiger partial charge in [0.25, 0.3) is 0 Å². The maximum absolute atomic E-state index is 6.28. The molecule has 0 bridgehead atoms. The fourth-order valence-corrected chi connectivity index (χ4v) is 3.59. The van der Waals surface area contributed by atoms with E-state index in [1.807, 2.05) is 36.5 Å². The summed E-state index contributed by atoms with van der Waals surface area (Å²) in [6.07, 6.45) is 1.81. The number of aromatic nitrogens is 1. The second-order valence-corrected chi connectivity index (χ2v) is 7.96. The number of nitrogens with zero attached hydrogens (tertiary/aromatic N) is 1. The van der Waals surface area contributed by atoms with Crippen molar-refractivity contribution in [2.24, 2.45) is 0 Å². The van der Waals surface area contributed by atoms with E-state index in [1.165, 1.54) is 0 Å². The maximum Gasteiger partial charge on any atom is 0.495 e. The predicted octanol–water partition coefficient (Wildman–Crippen LogP) is 4.43. The molecule has 0 amide bonds. The van der Waals surface area contributed by atoms with Crippen LogP contribution in [-0.2, 0) is 9.31 Å². The first kappa shape index (κ1) is 15.9. The van der Waals surface area contributed by atoms with Crippen molar-refractivity contribution in [1.82, 2.24) is 4.98 Å². The molecule has 4 nitrogen and oxygen atoms in total. The number of hydrogen-bond donors (Lipinski definition) is 0. The quantitative estimate of drug-likeness (QED) is 0.479. The van der Waals surface area contributed by atoms with Crippen molar-refractivity contribution in [3.63, 3.8) is 0 Å². The monoisotopic (exact) mass is 345 g/mol. The van der Waals surface area contributed by atoms with Crippen LogP contribution in [0.25, 0.3) is 32.8 Å². The third kappa shape index (κ3) is 2.14. The third-order valence-electron chi connectivity index (χ3n) is 5.76. The highest BCUT2D eigenvalue weighted by Crippen LogP contribution is 2.38. The molecular weight excluding hydrogens is 325 g/mol. The SMILES string of the molecule is CC1(C)OB(c2cccc3oc4cc5cccnc5cc4c23)OC1(C)C. The zero-order chi connectivity index (χ0) is 18.1. The van der Waals surface area contributed by atoms with E-state index in [9.17, 15) is 0 Å². The summed E-state index contributed by atoms with van der Waals surface area (Å²) in [5.41, 5.74) is 2.87. The van der Waals surface area contributed by atoms with Gasteiger partial charge in [-0.1, -0.05) is 18.2 Å². The van der Waals surface area contributed by atoms with Crippen LogP contribution in [0.15, 0.2) is 53.1 Å². The number of furan rings is 1. The van der Waals surface area contributed by atoms with Crippen molar-refractivity contribution in [3.05, 3.63) is 48.7 Å². The largest absolute Gasteiger partial charge is 0.495 e. The molecule has 3 heterocycles. The summed E-state index contributed by atoms with van der Waals surface area (Å²) in [6, 6.07) is 14.2. The van der Waals surface area contributed by atoms with Gasteiger partial charge in [0.2, 0.25) is 0 Å². The van der Waals surface area contributed by atoms with Crippen molar-refractivity contribution in [2.45, 2.75) is 38.9 Å². The maximum atomic E-state index is 6.28. The minimum absolute atomic E-state index is 0.381. The number of hydrogen-bond acceptors (Lipinski definition) is 4. The van der Waals surface area contributed by atoms with Crippen LogP contribution >= 0.6 is 0 Å². The van der Waals surface area contributed by atoms with E-state index in [2.05, 4.69) is 44.8 Å². The molecule has 1 aliphatic rings. The zero-order valence-electron chi connectivity index (χ0n) is 15.4. The minimum Gasteiger partial charge on any atom is -0.456 e. The highest BCUT2D eigenvalue weighted by molar-refractivity contribution is 6.66. The first-order chi connectivity index (χ1) is 12.4. The fourth-order valence-electron chi connectivity index (χ4n) is 3.59. The number of pyridine rings is 1. The molecule has 0 unspecified atom stereocenters. The molecule has 26 heavy (non-hydrogen) atoms. The van der Waals surface area contributed by atoms with E-state index in [0.717, 1.165) is 38.3 Å². The lowest BCUT2D eigenvalue weighted by molar-refractivity contribution is 0.00578. The Morgan fingerprint density at radius 3 is 2.42 bits per heavy atom. The summed E-state index contributed by atoms with van der Waals surface area (Å²) in [6.45, 7) is 8.27. The van der Waals surface area contributed by atoms with Crippen molar-refractivity contribution >= 4 is 45.4 Å². The van der Waals surface area contributed by atoms with Gasteiger partial charge in [0.15, 0.2) is 0 Å². The first-order valence-electron chi connectivity index (χ1n) is 8.91. The van der Waals surface area contributed by atoms with Crippen LogP contribution in [0, 0.1) is 0 Å². The van der Waals surface area contributed by atoms with Crippen molar-refractivity contribution < 1.29 is 13.7 Å². The summed E-state index contributed by atoms with van der Waals surface area (Å²) in [4.78, 5) is 4.49. The molecule has 4 aromatic rings. The predicted molar refractivity (Wildman–Crippen MR) is 105 cm³/mol. The van der Waals surface area contributed by atoms with Gasteiger partial charge in [-0.25, -0.2) is 0 Å². The third-order valence-corrected chi connectivity index (χ3v) is 5.76. The normalized spacial score (nSPS) is 19.0. The molecule has 1 saturated heterocycles. The number of benzene rings is 2. The van der Waals surface area contributed by atoms with Gasteiger partial charge in [0, 0.05) is 22.4 Å². The van der Waals surface area contributed by atoms with Gasteiger partial charge in [-0.2, -0.15) is 0 Å². The molecule has 5 rings (SSSR count). The standard InChI is InChI=1S/C21H20BNO3/c1-20(2)21(3,4)26-22(25-20)15-8-5-9-17-19(15)14-12-16-13(7-6-10-23-16)11-18(14)24-17/h5-12H,1-4H3. The molecule has 0 N–H and O–H groups in total. The van der Waals surface area contributed by atoms with Crippen molar-refractivity contribution in [1.29, 1.82) is 0 Å². The highest BCUT2D eigenvalue weighted by Gasteiger charge is 2.52. The smallest absolute Gasteiger partial charge is 0.456 e. The van der Waals surface area contributed by atoms with E-state index >= 15 is 0 Å². The Bertz CT molecular complexity index is 1150. The first-order valence-corrected chi connectivity index (χ1v) is 8.91. The Kier molecular flexibility index (Phi) is 3.10. The zero-order valence-corrected chi connectivity index (χ0v) is 15.4. The second-order valence-electron chi connectivity index (χ2n) is 7.96. The molecule has 0 radical (unpaired) electrons. The summed E-state index contributed by atoms with van der Waals surface area (Å²) in [5, 5.41) is 3.14. The fraction of sp³-hybridized carbons (Fsp3) is 0.286. The van der Waals surface area contributed by atoms with E-state index in [-0.39, 0.29) is 11.2 Å². The van der Waals surface area contributed by atoms with Crippen LogP contribution in [0.4, 0.5) is 0 Å². The lowest BCUT2D eigenvalue weighted by atomic mass is 9.76. The van der Waals surface area contributed by atoms with Gasteiger partial charge in [-0.3, -0.25) is 4.98 Å². The molecular formula is C21H20BNO3. The lowest BCUT2D eigenvalue weighted by Crippen LogP contribution is -2.41. The Morgan fingerprint density at radius 2 is 1.65 bits per heavy atom. The molecule has 2 aromatic carbocycles. The molecule has 0 aliphatic carbocycles. The van der Waals surface area contributed by atoms with Crippen LogP contribution in [-0.4, -0.2) is 23.3 Å². The Morgan fingerprint density at radius 1 is 0.885 bits per heavy atom. The van der Waals surface area contributed by atoms with Gasteiger partial charge in [-0.15, -0.1) is 0 Å². The number of rotatable bonds is 1. The molecule has 0 spiro atoms. The molecule has 2 aromatic heterocycles. The van der Waals surface area contributed by atoms with Gasteiger partial charge < -0.3 is 13.7 Å². The van der Waals surface area contributed by atoms with Crippen LogP contribution in [0.1, 0.15) is 27.7 Å². The van der Waals surface area contributed by atoms with Gasteiger partial charge in [0.05, 0.1) is 16.7 Å². The van der Waals surface area contributed by atoms with E-state index in [4.69, 9.17) is 13.7 Å². The number of fused-ring (bicyclic) bond motifs is 4. The molecule has 0 saturated carbocycles. The van der Waals surface area contributed by atoms with E-state index < -0.39 is 7.12 Å².